The molecule has 3 rings (SSSR count). The predicted octanol–water partition coefficient (Wildman–Crippen LogP) is 2.14. The molecule has 0 aliphatic heterocycles. The molecule has 88 valence electrons. The average Bonchev–Trinajstić information content (AvgIpc) is 2.82. The van der Waals surface area contributed by atoms with Crippen molar-refractivity contribution in [3.8, 4) is 0 Å². The second-order valence-corrected chi connectivity index (χ2v) is 4.06. The summed E-state index contributed by atoms with van der Waals surface area (Å²) in [5.41, 5.74) is 2.47. The summed E-state index contributed by atoms with van der Waals surface area (Å²) in [4.78, 5) is 16.1. The summed E-state index contributed by atoms with van der Waals surface area (Å²) in [6.45, 7) is 0. The molecule has 0 amide bonds. The van der Waals surface area contributed by atoms with Crippen LogP contribution in [0, 0.1) is 0 Å². The van der Waals surface area contributed by atoms with Gasteiger partial charge in [0.15, 0.2) is 0 Å². The van der Waals surface area contributed by atoms with Gasteiger partial charge in [-0.2, -0.15) is 0 Å². The summed E-state index contributed by atoms with van der Waals surface area (Å²) in [6.07, 6.45) is 4.81. The van der Waals surface area contributed by atoms with Crippen LogP contribution >= 0.6 is 12.2 Å². The second-order valence-electron chi connectivity index (χ2n) is 3.65. The first-order valence-corrected chi connectivity index (χ1v) is 5.76. The van der Waals surface area contributed by atoms with Crippen molar-refractivity contribution in [3.05, 3.63) is 48.5 Å². The largest absolute Gasteiger partial charge is 0.324 e. The summed E-state index contributed by atoms with van der Waals surface area (Å²) < 4.78 is 0. The summed E-state index contributed by atoms with van der Waals surface area (Å²) in [5, 5.41) is 3.01. The summed E-state index contributed by atoms with van der Waals surface area (Å²) in [5.74, 6) is 0.604. The molecule has 2 heterocycles. The van der Waals surface area contributed by atoms with Crippen molar-refractivity contribution >= 4 is 34.2 Å². The maximum Gasteiger partial charge on any atom is 0.206 e. The quantitative estimate of drug-likeness (QED) is 0.687. The topological polar surface area (TPSA) is 66.5 Å². The van der Waals surface area contributed by atoms with Crippen LogP contribution in [0.25, 0.3) is 11.0 Å². The van der Waals surface area contributed by atoms with E-state index in [4.69, 9.17) is 12.2 Å². The molecule has 1 aromatic carbocycles. The number of hydrogen-bond acceptors (Lipinski definition) is 4. The molecule has 18 heavy (non-hydrogen) atoms. The normalized spacial score (nSPS) is 10.4. The third-order valence-corrected chi connectivity index (χ3v) is 2.73. The van der Waals surface area contributed by atoms with E-state index in [0.29, 0.717) is 16.6 Å². The third kappa shape index (κ3) is 2.05. The number of imidazole rings is 1. The first-order chi connectivity index (χ1) is 8.83. The minimum Gasteiger partial charge on any atom is -0.324 e. The van der Waals surface area contributed by atoms with Crippen LogP contribution in [0.15, 0.2) is 42.9 Å². The fraction of sp³-hybridized carbons (Fsp3) is 0. The lowest BCUT2D eigenvalue weighted by Gasteiger charge is -2.02. The summed E-state index contributed by atoms with van der Waals surface area (Å²) >= 11 is 5.23. The van der Waals surface area contributed by atoms with Gasteiger partial charge in [0.05, 0.1) is 17.2 Å². The number of nitrogens with zero attached hydrogens (tertiary/aromatic N) is 3. The first-order valence-electron chi connectivity index (χ1n) is 5.35. The van der Waals surface area contributed by atoms with E-state index in [1.807, 2.05) is 24.3 Å². The molecule has 0 aliphatic carbocycles. The summed E-state index contributed by atoms with van der Waals surface area (Å²) in [6, 6.07) is 7.78. The van der Waals surface area contributed by atoms with Crippen LogP contribution in [-0.4, -0.2) is 24.9 Å². The SMILES string of the molecule is S=C(Nc1nc2ccccc2[nH]1)c1cnccn1. The molecule has 5 nitrogen and oxygen atoms in total. The molecule has 6 heteroatoms. The van der Waals surface area contributed by atoms with E-state index < -0.39 is 0 Å². The predicted molar refractivity (Wildman–Crippen MR) is 73.4 cm³/mol. The zero-order valence-electron chi connectivity index (χ0n) is 9.29. The van der Waals surface area contributed by atoms with Crippen LogP contribution in [0.1, 0.15) is 5.69 Å². The van der Waals surface area contributed by atoms with E-state index in [1.54, 1.807) is 18.6 Å². The third-order valence-electron chi connectivity index (χ3n) is 2.42. The van der Waals surface area contributed by atoms with Crippen molar-refractivity contribution < 1.29 is 0 Å². The molecule has 0 radical (unpaired) electrons. The Morgan fingerprint density at radius 1 is 1.22 bits per heavy atom. The first kappa shape index (κ1) is 10.8. The van der Waals surface area contributed by atoms with Gasteiger partial charge in [-0.15, -0.1) is 0 Å². The lowest BCUT2D eigenvalue weighted by molar-refractivity contribution is 1.18. The molecular weight excluding hydrogens is 246 g/mol. The molecule has 0 spiro atoms. The van der Waals surface area contributed by atoms with Crippen LogP contribution < -0.4 is 5.32 Å². The molecule has 0 unspecified atom stereocenters. The van der Waals surface area contributed by atoms with Gasteiger partial charge in [0, 0.05) is 12.4 Å². The van der Waals surface area contributed by atoms with Gasteiger partial charge >= 0.3 is 0 Å². The van der Waals surface area contributed by atoms with Gasteiger partial charge in [-0.05, 0) is 12.1 Å². The van der Waals surface area contributed by atoms with Crippen LogP contribution in [0.3, 0.4) is 0 Å². The molecule has 2 aromatic heterocycles. The molecule has 0 atom stereocenters. The van der Waals surface area contributed by atoms with Crippen molar-refractivity contribution in [2.75, 3.05) is 5.32 Å². The highest BCUT2D eigenvalue weighted by atomic mass is 32.1. The highest BCUT2D eigenvalue weighted by molar-refractivity contribution is 7.81. The Balaban J connectivity index is 1.86. The summed E-state index contributed by atoms with van der Waals surface area (Å²) in [7, 11) is 0. The standard InChI is InChI=1S/C12H9N5S/c18-11(10-7-13-5-6-14-10)17-12-15-8-3-1-2-4-9(8)16-12/h1-7H,(H2,15,16,17,18). The Morgan fingerprint density at radius 2 is 2.11 bits per heavy atom. The van der Waals surface area contributed by atoms with Crippen LogP contribution in [0.4, 0.5) is 5.95 Å². The van der Waals surface area contributed by atoms with Gasteiger partial charge in [-0.1, -0.05) is 24.4 Å². The smallest absolute Gasteiger partial charge is 0.206 e. The zero-order valence-corrected chi connectivity index (χ0v) is 10.1. The average molecular weight is 255 g/mol. The molecule has 0 saturated heterocycles. The Kier molecular flexibility index (Phi) is 2.70. The Labute approximate surface area is 108 Å². The number of aromatic amines is 1. The number of thiocarbonyl (C=S) groups is 1. The Bertz CT molecular complexity index is 659. The number of fused-ring (bicyclic) bond motifs is 1. The number of aromatic nitrogens is 4. The van der Waals surface area contributed by atoms with Crippen LogP contribution in [0.2, 0.25) is 0 Å². The van der Waals surface area contributed by atoms with Crippen LogP contribution in [-0.2, 0) is 0 Å². The van der Waals surface area contributed by atoms with Crippen molar-refractivity contribution in [1.29, 1.82) is 0 Å². The van der Waals surface area contributed by atoms with Gasteiger partial charge in [-0.25, -0.2) is 4.98 Å². The molecule has 0 aliphatic rings. The monoisotopic (exact) mass is 255 g/mol. The number of H-pyrrole nitrogens is 1. The van der Waals surface area contributed by atoms with Gasteiger partial charge < -0.3 is 10.3 Å². The fourth-order valence-electron chi connectivity index (χ4n) is 1.60. The molecule has 0 fully saturated rings. The molecule has 3 aromatic rings. The van der Waals surface area contributed by atoms with Crippen molar-refractivity contribution in [1.82, 2.24) is 19.9 Å². The Morgan fingerprint density at radius 3 is 2.89 bits per heavy atom. The van der Waals surface area contributed by atoms with Crippen molar-refractivity contribution in [2.45, 2.75) is 0 Å². The number of nitrogens with one attached hydrogen (secondary N) is 2. The lowest BCUT2D eigenvalue weighted by Crippen LogP contribution is -2.13. The Hall–Kier alpha value is -2.34. The highest BCUT2D eigenvalue weighted by Gasteiger charge is 2.06. The number of rotatable bonds is 2. The zero-order chi connectivity index (χ0) is 12.4. The fourth-order valence-corrected chi connectivity index (χ4v) is 1.80. The second kappa shape index (κ2) is 4.50. The van der Waals surface area contributed by atoms with Crippen molar-refractivity contribution in [3.63, 3.8) is 0 Å². The number of anilines is 1. The highest BCUT2D eigenvalue weighted by Crippen LogP contribution is 2.13. The van der Waals surface area contributed by atoms with E-state index in [0.717, 1.165) is 11.0 Å². The minimum absolute atomic E-state index is 0.488. The molecular formula is C12H9N5S. The minimum atomic E-state index is 0.488. The maximum absolute atomic E-state index is 5.23. The van der Waals surface area contributed by atoms with E-state index in [1.165, 1.54) is 0 Å². The van der Waals surface area contributed by atoms with Crippen molar-refractivity contribution in [2.24, 2.45) is 0 Å². The van der Waals surface area contributed by atoms with Crippen LogP contribution in [0.5, 0.6) is 0 Å². The number of para-hydroxylation sites is 2. The maximum atomic E-state index is 5.23. The van der Waals surface area contributed by atoms with E-state index in [2.05, 4.69) is 25.3 Å². The van der Waals surface area contributed by atoms with E-state index >= 15 is 0 Å². The van der Waals surface area contributed by atoms with Gasteiger partial charge in [0.1, 0.15) is 10.7 Å². The van der Waals surface area contributed by atoms with Gasteiger partial charge in [0.2, 0.25) is 5.95 Å². The lowest BCUT2D eigenvalue weighted by atomic mass is 10.3. The van der Waals surface area contributed by atoms with E-state index in [9.17, 15) is 0 Å². The molecule has 2 N–H and O–H groups in total. The molecule has 0 bridgehead atoms. The van der Waals surface area contributed by atoms with E-state index in [-0.39, 0.29) is 0 Å². The van der Waals surface area contributed by atoms with Gasteiger partial charge in [-0.3, -0.25) is 9.97 Å². The molecule has 0 saturated carbocycles. The number of benzene rings is 1. The number of hydrogen-bond donors (Lipinski definition) is 2. The van der Waals surface area contributed by atoms with Gasteiger partial charge in [0.25, 0.3) is 0 Å².